The summed E-state index contributed by atoms with van der Waals surface area (Å²) in [4.78, 5) is 0. The second kappa shape index (κ2) is 6.38. The lowest BCUT2D eigenvalue weighted by atomic mass is 10.1. The molecule has 0 amide bonds. The quantitative estimate of drug-likeness (QED) is 0.858. The van der Waals surface area contributed by atoms with Crippen LogP contribution in [0, 0.1) is 6.92 Å². The first-order valence-electron chi connectivity index (χ1n) is 6.50. The van der Waals surface area contributed by atoms with Crippen LogP contribution in [0.15, 0.2) is 18.2 Å². The molecule has 1 heterocycles. The Labute approximate surface area is 118 Å². The molecule has 2 aromatic rings. The van der Waals surface area contributed by atoms with E-state index in [0.29, 0.717) is 24.7 Å². The Morgan fingerprint density at radius 2 is 2.05 bits per heavy atom. The van der Waals surface area contributed by atoms with Crippen LogP contribution in [0.4, 0.5) is 0 Å². The maximum absolute atomic E-state index is 5.81. The topological polar surface area (TPSA) is 75.2 Å². The zero-order valence-corrected chi connectivity index (χ0v) is 12.1. The van der Waals surface area contributed by atoms with E-state index < -0.39 is 0 Å². The third kappa shape index (κ3) is 3.08. The molecule has 0 radical (unpaired) electrons. The van der Waals surface area contributed by atoms with E-state index in [0.717, 1.165) is 23.6 Å². The fourth-order valence-corrected chi connectivity index (χ4v) is 1.88. The summed E-state index contributed by atoms with van der Waals surface area (Å²) < 4.78 is 13.0. The molecule has 20 heavy (non-hydrogen) atoms. The van der Waals surface area contributed by atoms with Crippen LogP contribution in [0.2, 0.25) is 0 Å². The molecule has 0 aliphatic carbocycles. The van der Waals surface area contributed by atoms with Crippen molar-refractivity contribution in [1.29, 1.82) is 0 Å². The van der Waals surface area contributed by atoms with Gasteiger partial charge in [-0.15, -0.1) is 10.2 Å². The standard InChI is InChI=1S/C14H20N4O2/c1-10-16-17-14(18(10)2)9-20-13-8-11(6-7-15)4-5-12(13)19-3/h4-5,8H,6-7,9,15H2,1-3H3. The van der Waals surface area contributed by atoms with Gasteiger partial charge in [-0.25, -0.2) is 0 Å². The molecule has 2 rings (SSSR count). The fraction of sp³-hybridized carbons (Fsp3) is 0.429. The molecule has 1 aromatic carbocycles. The Balaban J connectivity index is 2.14. The van der Waals surface area contributed by atoms with Crippen LogP contribution < -0.4 is 15.2 Å². The number of aromatic nitrogens is 3. The number of benzene rings is 1. The third-order valence-electron chi connectivity index (χ3n) is 3.20. The van der Waals surface area contributed by atoms with Crippen LogP contribution >= 0.6 is 0 Å². The van der Waals surface area contributed by atoms with Crippen LogP contribution in [0.5, 0.6) is 11.5 Å². The largest absolute Gasteiger partial charge is 0.493 e. The van der Waals surface area contributed by atoms with Gasteiger partial charge in [-0.2, -0.15) is 0 Å². The third-order valence-corrected chi connectivity index (χ3v) is 3.20. The van der Waals surface area contributed by atoms with E-state index in [4.69, 9.17) is 15.2 Å². The molecular weight excluding hydrogens is 256 g/mol. The van der Waals surface area contributed by atoms with E-state index in [9.17, 15) is 0 Å². The van der Waals surface area contributed by atoms with Crippen LogP contribution in [0.25, 0.3) is 0 Å². The maximum Gasteiger partial charge on any atom is 0.170 e. The summed E-state index contributed by atoms with van der Waals surface area (Å²) in [5, 5.41) is 8.07. The molecule has 0 saturated heterocycles. The molecule has 0 fully saturated rings. The van der Waals surface area contributed by atoms with Crippen molar-refractivity contribution in [3.05, 3.63) is 35.4 Å². The Morgan fingerprint density at radius 1 is 1.25 bits per heavy atom. The van der Waals surface area contributed by atoms with Crippen LogP contribution in [-0.2, 0) is 20.1 Å². The van der Waals surface area contributed by atoms with Crippen molar-refractivity contribution in [2.24, 2.45) is 12.8 Å². The summed E-state index contributed by atoms with van der Waals surface area (Å²) in [5.41, 5.74) is 6.70. The summed E-state index contributed by atoms with van der Waals surface area (Å²) >= 11 is 0. The van der Waals surface area contributed by atoms with E-state index in [-0.39, 0.29) is 0 Å². The van der Waals surface area contributed by atoms with E-state index in [1.54, 1.807) is 7.11 Å². The number of rotatable bonds is 6. The lowest BCUT2D eigenvalue weighted by Crippen LogP contribution is -2.06. The van der Waals surface area contributed by atoms with Gasteiger partial charge < -0.3 is 19.8 Å². The lowest BCUT2D eigenvalue weighted by Gasteiger charge is -2.12. The normalized spacial score (nSPS) is 10.6. The average Bonchev–Trinajstić information content (AvgIpc) is 2.77. The molecule has 2 N–H and O–H groups in total. The summed E-state index contributed by atoms with van der Waals surface area (Å²) in [6.45, 7) is 2.85. The van der Waals surface area contributed by atoms with E-state index in [2.05, 4.69) is 10.2 Å². The molecule has 108 valence electrons. The second-order valence-electron chi connectivity index (χ2n) is 4.54. The Kier molecular flexibility index (Phi) is 4.57. The number of hydrogen-bond acceptors (Lipinski definition) is 5. The Morgan fingerprint density at radius 3 is 2.65 bits per heavy atom. The minimum absolute atomic E-state index is 0.347. The van der Waals surface area contributed by atoms with Crippen LogP contribution in [0.1, 0.15) is 17.2 Å². The molecule has 6 heteroatoms. The van der Waals surface area contributed by atoms with Crippen LogP contribution in [-0.4, -0.2) is 28.4 Å². The number of nitrogens with zero attached hydrogens (tertiary/aromatic N) is 3. The molecule has 0 bridgehead atoms. The first-order valence-corrected chi connectivity index (χ1v) is 6.50. The zero-order valence-electron chi connectivity index (χ0n) is 12.1. The van der Waals surface area contributed by atoms with Gasteiger partial charge in [-0.05, 0) is 37.6 Å². The minimum Gasteiger partial charge on any atom is -0.493 e. The van der Waals surface area contributed by atoms with Crippen molar-refractivity contribution in [3.63, 3.8) is 0 Å². The first kappa shape index (κ1) is 14.3. The molecule has 0 unspecified atom stereocenters. The zero-order chi connectivity index (χ0) is 14.5. The van der Waals surface area contributed by atoms with E-state index in [1.807, 2.05) is 36.7 Å². The predicted octanol–water partition coefficient (Wildman–Crippen LogP) is 1.21. The summed E-state index contributed by atoms with van der Waals surface area (Å²) in [7, 11) is 3.54. The molecule has 1 aromatic heterocycles. The molecule has 0 saturated carbocycles. The van der Waals surface area contributed by atoms with Gasteiger partial charge in [0.1, 0.15) is 12.4 Å². The van der Waals surface area contributed by atoms with Gasteiger partial charge in [-0.3, -0.25) is 0 Å². The van der Waals surface area contributed by atoms with Crippen molar-refractivity contribution in [2.75, 3.05) is 13.7 Å². The predicted molar refractivity (Wildman–Crippen MR) is 75.8 cm³/mol. The number of aryl methyl sites for hydroxylation is 1. The smallest absolute Gasteiger partial charge is 0.170 e. The number of methoxy groups -OCH3 is 1. The monoisotopic (exact) mass is 276 g/mol. The molecular formula is C14H20N4O2. The SMILES string of the molecule is COc1ccc(CCN)cc1OCc1nnc(C)n1C. The van der Waals surface area contributed by atoms with Gasteiger partial charge in [0.2, 0.25) is 0 Å². The van der Waals surface area contributed by atoms with Gasteiger partial charge >= 0.3 is 0 Å². The molecule has 0 aliphatic heterocycles. The maximum atomic E-state index is 5.81. The molecule has 6 nitrogen and oxygen atoms in total. The first-order chi connectivity index (χ1) is 9.65. The highest BCUT2D eigenvalue weighted by atomic mass is 16.5. The van der Waals surface area contributed by atoms with Gasteiger partial charge in [0.25, 0.3) is 0 Å². The summed E-state index contributed by atoms with van der Waals surface area (Å²) in [6.07, 6.45) is 0.809. The lowest BCUT2D eigenvalue weighted by molar-refractivity contribution is 0.272. The van der Waals surface area contributed by atoms with Gasteiger partial charge in [-0.1, -0.05) is 6.07 Å². The number of ether oxygens (including phenoxy) is 2. The van der Waals surface area contributed by atoms with Crippen molar-refractivity contribution in [3.8, 4) is 11.5 Å². The van der Waals surface area contributed by atoms with E-state index in [1.165, 1.54) is 0 Å². The van der Waals surface area contributed by atoms with Gasteiger partial charge in [0.05, 0.1) is 7.11 Å². The Hall–Kier alpha value is -2.08. The number of hydrogen-bond donors (Lipinski definition) is 1. The van der Waals surface area contributed by atoms with E-state index >= 15 is 0 Å². The highest BCUT2D eigenvalue weighted by Crippen LogP contribution is 2.28. The van der Waals surface area contributed by atoms with Crippen molar-refractivity contribution >= 4 is 0 Å². The number of nitrogens with two attached hydrogens (primary N) is 1. The van der Waals surface area contributed by atoms with Crippen LogP contribution in [0.3, 0.4) is 0 Å². The minimum atomic E-state index is 0.347. The van der Waals surface area contributed by atoms with Gasteiger partial charge in [0.15, 0.2) is 17.3 Å². The average molecular weight is 276 g/mol. The highest BCUT2D eigenvalue weighted by Gasteiger charge is 2.09. The molecule has 0 spiro atoms. The summed E-state index contributed by atoms with van der Waals surface area (Å²) in [6, 6.07) is 5.84. The van der Waals surface area contributed by atoms with Crippen molar-refractivity contribution in [2.45, 2.75) is 20.0 Å². The second-order valence-corrected chi connectivity index (χ2v) is 4.54. The summed E-state index contributed by atoms with van der Waals surface area (Å²) in [5.74, 6) is 3.02. The van der Waals surface area contributed by atoms with Crippen molar-refractivity contribution in [1.82, 2.24) is 14.8 Å². The van der Waals surface area contributed by atoms with Crippen molar-refractivity contribution < 1.29 is 9.47 Å². The highest BCUT2D eigenvalue weighted by molar-refractivity contribution is 5.43. The molecule has 0 aliphatic rings. The Bertz CT molecular complexity index is 581. The van der Waals surface area contributed by atoms with Gasteiger partial charge in [0, 0.05) is 7.05 Å². The fourth-order valence-electron chi connectivity index (χ4n) is 1.88. The molecule has 0 atom stereocenters.